The zero-order chi connectivity index (χ0) is 19.3. The third-order valence-corrected chi connectivity index (χ3v) is 5.41. The molecule has 4 rings (SSSR count). The van der Waals surface area contributed by atoms with Gasteiger partial charge in [0, 0.05) is 32.2 Å². The minimum absolute atomic E-state index is 0.0460. The molecule has 2 aliphatic rings. The Bertz CT molecular complexity index is 782. The largest absolute Gasteiger partial charge is 0.497 e. The second kappa shape index (κ2) is 8.60. The van der Waals surface area contributed by atoms with Crippen LogP contribution in [0.3, 0.4) is 0 Å². The average Bonchev–Trinajstić information content (AvgIpc) is 3.43. The van der Waals surface area contributed by atoms with E-state index < -0.39 is 0 Å². The molecule has 1 aromatic carbocycles. The van der Waals surface area contributed by atoms with Gasteiger partial charge in [-0.1, -0.05) is 5.16 Å². The summed E-state index contributed by atoms with van der Waals surface area (Å²) in [6.07, 6.45) is 5.32. The van der Waals surface area contributed by atoms with Crippen LogP contribution in [0.4, 0.5) is 0 Å². The van der Waals surface area contributed by atoms with Crippen LogP contribution in [0.5, 0.6) is 11.5 Å². The Kier molecular flexibility index (Phi) is 5.76. The highest BCUT2D eigenvalue weighted by Gasteiger charge is 2.26. The summed E-state index contributed by atoms with van der Waals surface area (Å²) in [6.45, 7) is 4.09. The molecule has 0 aliphatic carbocycles. The van der Waals surface area contributed by atoms with Crippen molar-refractivity contribution in [3.05, 3.63) is 36.0 Å². The summed E-state index contributed by atoms with van der Waals surface area (Å²) in [5.74, 6) is 2.06. The van der Waals surface area contributed by atoms with Gasteiger partial charge in [0.1, 0.15) is 17.6 Å². The minimum Gasteiger partial charge on any atom is -0.497 e. The lowest BCUT2D eigenvalue weighted by Gasteiger charge is -2.32. The van der Waals surface area contributed by atoms with Crippen LogP contribution in [-0.2, 0) is 6.54 Å². The quantitative estimate of drug-likeness (QED) is 0.754. The smallest absolute Gasteiger partial charge is 0.257 e. The highest BCUT2D eigenvalue weighted by atomic mass is 16.5. The Balaban J connectivity index is 1.41. The van der Waals surface area contributed by atoms with Crippen molar-refractivity contribution >= 4 is 5.91 Å². The van der Waals surface area contributed by atoms with Crippen molar-refractivity contribution in [1.82, 2.24) is 19.9 Å². The average molecular weight is 386 g/mol. The SMILES string of the molecule is COc1ccc(C(=O)N2CCCC2)c(OC2CCN(Cc3ncon3)CC2)c1. The van der Waals surface area contributed by atoms with Gasteiger partial charge in [-0.15, -0.1) is 0 Å². The van der Waals surface area contributed by atoms with Crippen LogP contribution in [0.2, 0.25) is 0 Å². The molecule has 8 heteroatoms. The van der Waals surface area contributed by atoms with E-state index in [4.69, 9.17) is 14.0 Å². The third-order valence-electron chi connectivity index (χ3n) is 5.41. The molecular formula is C20H26N4O4. The molecule has 3 heterocycles. The third kappa shape index (κ3) is 4.27. The van der Waals surface area contributed by atoms with E-state index in [-0.39, 0.29) is 12.0 Å². The fourth-order valence-corrected chi connectivity index (χ4v) is 3.82. The van der Waals surface area contributed by atoms with Crippen molar-refractivity contribution in [2.45, 2.75) is 38.3 Å². The molecule has 2 fully saturated rings. The standard InChI is InChI=1S/C20H26N4O4/c1-26-16-4-5-17(20(25)24-8-2-3-9-24)18(12-16)28-15-6-10-23(11-7-15)13-19-21-14-27-22-19/h4-5,12,14-15H,2-3,6-11,13H2,1H3. The zero-order valence-electron chi connectivity index (χ0n) is 16.2. The Hall–Kier alpha value is -2.61. The van der Waals surface area contributed by atoms with Gasteiger partial charge in [-0.2, -0.15) is 4.98 Å². The molecule has 2 aliphatic heterocycles. The van der Waals surface area contributed by atoms with Gasteiger partial charge in [0.25, 0.3) is 5.91 Å². The summed E-state index contributed by atoms with van der Waals surface area (Å²) >= 11 is 0. The fraction of sp³-hybridized carbons (Fsp3) is 0.550. The number of aromatic nitrogens is 2. The number of carbonyl (C=O) groups excluding carboxylic acids is 1. The van der Waals surface area contributed by atoms with E-state index >= 15 is 0 Å². The first kappa shape index (κ1) is 18.7. The van der Waals surface area contributed by atoms with Crippen molar-refractivity contribution in [3.8, 4) is 11.5 Å². The minimum atomic E-state index is 0.0460. The second-order valence-corrected chi connectivity index (χ2v) is 7.30. The molecule has 0 atom stereocenters. The van der Waals surface area contributed by atoms with E-state index in [0.717, 1.165) is 51.9 Å². The number of amides is 1. The lowest BCUT2D eigenvalue weighted by atomic mass is 10.1. The number of methoxy groups -OCH3 is 1. The van der Waals surface area contributed by atoms with E-state index in [2.05, 4.69) is 15.0 Å². The maximum Gasteiger partial charge on any atom is 0.257 e. The number of hydrogen-bond donors (Lipinski definition) is 0. The molecule has 0 spiro atoms. The van der Waals surface area contributed by atoms with Gasteiger partial charge < -0.3 is 18.9 Å². The number of piperidine rings is 1. The summed E-state index contributed by atoms with van der Waals surface area (Å²) in [6, 6.07) is 5.47. The summed E-state index contributed by atoms with van der Waals surface area (Å²) < 4.78 is 16.4. The molecule has 8 nitrogen and oxygen atoms in total. The predicted octanol–water partition coefficient (Wildman–Crippen LogP) is 2.36. The highest BCUT2D eigenvalue weighted by Crippen LogP contribution is 2.30. The molecule has 0 unspecified atom stereocenters. The van der Waals surface area contributed by atoms with Gasteiger partial charge in [-0.3, -0.25) is 9.69 Å². The van der Waals surface area contributed by atoms with Gasteiger partial charge in [0.05, 0.1) is 19.2 Å². The van der Waals surface area contributed by atoms with Crippen LogP contribution >= 0.6 is 0 Å². The normalized spacial score (nSPS) is 18.4. The Labute approximate surface area is 164 Å². The Morgan fingerprint density at radius 1 is 1.21 bits per heavy atom. The first-order valence-corrected chi connectivity index (χ1v) is 9.84. The van der Waals surface area contributed by atoms with Crippen LogP contribution in [0.25, 0.3) is 0 Å². The molecule has 0 bridgehead atoms. The molecular weight excluding hydrogens is 360 g/mol. The van der Waals surface area contributed by atoms with Crippen LogP contribution in [0, 0.1) is 0 Å². The van der Waals surface area contributed by atoms with E-state index in [9.17, 15) is 4.79 Å². The molecule has 0 saturated carbocycles. The first-order chi connectivity index (χ1) is 13.7. The van der Waals surface area contributed by atoms with Crippen molar-refractivity contribution in [1.29, 1.82) is 0 Å². The first-order valence-electron chi connectivity index (χ1n) is 9.84. The van der Waals surface area contributed by atoms with Crippen LogP contribution in [-0.4, -0.2) is 65.2 Å². The number of benzene rings is 1. The van der Waals surface area contributed by atoms with E-state index in [1.54, 1.807) is 7.11 Å². The maximum atomic E-state index is 12.9. The fourth-order valence-electron chi connectivity index (χ4n) is 3.82. The van der Waals surface area contributed by atoms with Gasteiger partial charge in [0.2, 0.25) is 6.39 Å². The Morgan fingerprint density at radius 2 is 2.00 bits per heavy atom. The molecule has 150 valence electrons. The van der Waals surface area contributed by atoms with Crippen molar-refractivity contribution < 1.29 is 18.8 Å². The zero-order valence-corrected chi connectivity index (χ0v) is 16.2. The molecule has 2 aromatic rings. The van der Waals surface area contributed by atoms with E-state index in [1.165, 1.54) is 6.39 Å². The maximum absolute atomic E-state index is 12.9. The van der Waals surface area contributed by atoms with Gasteiger partial charge in [-0.25, -0.2) is 0 Å². The molecule has 28 heavy (non-hydrogen) atoms. The van der Waals surface area contributed by atoms with Crippen LogP contribution in [0.15, 0.2) is 29.1 Å². The summed E-state index contributed by atoms with van der Waals surface area (Å²) in [5.41, 5.74) is 0.622. The summed E-state index contributed by atoms with van der Waals surface area (Å²) in [4.78, 5) is 21.2. The van der Waals surface area contributed by atoms with Gasteiger partial charge in [0.15, 0.2) is 5.82 Å². The van der Waals surface area contributed by atoms with Gasteiger partial charge >= 0.3 is 0 Å². The monoisotopic (exact) mass is 386 g/mol. The number of likely N-dealkylation sites (tertiary alicyclic amines) is 2. The second-order valence-electron chi connectivity index (χ2n) is 7.30. The van der Waals surface area contributed by atoms with E-state index in [1.807, 2.05) is 23.1 Å². The van der Waals surface area contributed by atoms with Crippen LogP contribution < -0.4 is 9.47 Å². The topological polar surface area (TPSA) is 80.9 Å². The number of nitrogens with zero attached hydrogens (tertiary/aromatic N) is 4. The lowest BCUT2D eigenvalue weighted by molar-refractivity contribution is 0.0762. The molecule has 1 aromatic heterocycles. The summed E-state index contributed by atoms with van der Waals surface area (Å²) in [5, 5.41) is 3.87. The number of hydrogen-bond acceptors (Lipinski definition) is 7. The van der Waals surface area contributed by atoms with Crippen molar-refractivity contribution in [3.63, 3.8) is 0 Å². The predicted molar refractivity (Wildman–Crippen MR) is 101 cm³/mol. The Morgan fingerprint density at radius 3 is 2.68 bits per heavy atom. The molecule has 0 radical (unpaired) electrons. The van der Waals surface area contributed by atoms with Crippen molar-refractivity contribution in [2.24, 2.45) is 0 Å². The molecule has 0 N–H and O–H groups in total. The number of carbonyl (C=O) groups is 1. The van der Waals surface area contributed by atoms with Crippen LogP contribution in [0.1, 0.15) is 41.9 Å². The van der Waals surface area contributed by atoms with E-state index in [0.29, 0.717) is 29.4 Å². The highest BCUT2D eigenvalue weighted by molar-refractivity contribution is 5.97. The summed E-state index contributed by atoms with van der Waals surface area (Å²) in [7, 11) is 1.62. The lowest BCUT2D eigenvalue weighted by Crippen LogP contribution is -2.38. The van der Waals surface area contributed by atoms with Gasteiger partial charge in [-0.05, 0) is 37.8 Å². The number of rotatable bonds is 6. The number of ether oxygens (including phenoxy) is 2. The molecule has 2 saturated heterocycles. The molecule has 1 amide bonds. The van der Waals surface area contributed by atoms with Crippen molar-refractivity contribution in [2.75, 3.05) is 33.3 Å².